The second-order valence-corrected chi connectivity index (χ2v) is 11.4. The summed E-state index contributed by atoms with van der Waals surface area (Å²) in [4.78, 5) is 0. The Kier molecular flexibility index (Phi) is 5.36. The molecule has 0 nitrogen and oxygen atoms in total. The maximum absolute atomic E-state index is 14.0. The summed E-state index contributed by atoms with van der Waals surface area (Å²) < 4.78 is 27.9. The van der Waals surface area contributed by atoms with Crippen molar-refractivity contribution in [3.05, 3.63) is 11.3 Å². The monoisotopic (exact) mass is 260 g/mol. The molecule has 0 heterocycles. The van der Waals surface area contributed by atoms with E-state index in [4.69, 9.17) is 0 Å². The van der Waals surface area contributed by atoms with Crippen LogP contribution in [0.25, 0.3) is 0 Å². The van der Waals surface area contributed by atoms with Crippen LogP contribution in [0.4, 0.5) is 8.78 Å². The molecule has 0 aromatic rings. The van der Waals surface area contributed by atoms with Crippen LogP contribution in [0.5, 0.6) is 0 Å². The van der Waals surface area contributed by atoms with Gasteiger partial charge in [0.15, 0.2) is 0 Å². The maximum Gasteiger partial charge on any atom is 0.130 e. The lowest BCUT2D eigenvalue weighted by Crippen LogP contribution is -2.25. The fourth-order valence-electron chi connectivity index (χ4n) is 2.65. The normalized spacial score (nSPS) is 27.9. The Hall–Kier alpha value is -0.183. The number of allylic oxidation sites excluding steroid dienone is 1. The molecule has 0 amide bonds. The van der Waals surface area contributed by atoms with Crippen molar-refractivity contribution in [3.63, 3.8) is 0 Å². The molecule has 0 saturated heterocycles. The van der Waals surface area contributed by atoms with E-state index in [1.54, 1.807) is 0 Å². The second kappa shape index (κ2) is 6.12. The quantitative estimate of drug-likeness (QED) is 0.575. The van der Waals surface area contributed by atoms with Gasteiger partial charge in [-0.25, -0.2) is 8.78 Å². The summed E-state index contributed by atoms with van der Waals surface area (Å²) in [5, 5.41) is 0. The van der Waals surface area contributed by atoms with Crippen LogP contribution in [0.1, 0.15) is 45.4 Å². The number of rotatable bonds is 4. The molecule has 3 heteroatoms. The van der Waals surface area contributed by atoms with Crippen molar-refractivity contribution < 1.29 is 8.78 Å². The molecule has 1 rings (SSSR count). The predicted octanol–water partition coefficient (Wildman–Crippen LogP) is 5.62. The van der Waals surface area contributed by atoms with Gasteiger partial charge in [0.05, 0.1) is 0 Å². The SMILES string of the molecule is CCCC1CCC(/C(F)=C(\F)[Si](C)(C)C)CC1. The highest BCUT2D eigenvalue weighted by molar-refractivity contribution is 6.82. The van der Waals surface area contributed by atoms with Gasteiger partial charge in [-0.3, -0.25) is 0 Å². The van der Waals surface area contributed by atoms with Crippen molar-refractivity contribution in [3.8, 4) is 0 Å². The molecule has 0 aliphatic heterocycles. The van der Waals surface area contributed by atoms with Crippen LogP contribution in [0, 0.1) is 11.8 Å². The Morgan fingerprint density at radius 3 is 2.00 bits per heavy atom. The molecule has 0 aromatic heterocycles. The van der Waals surface area contributed by atoms with Crippen LogP contribution in [0.3, 0.4) is 0 Å². The Labute approximate surface area is 106 Å². The van der Waals surface area contributed by atoms with E-state index < -0.39 is 19.4 Å². The van der Waals surface area contributed by atoms with Gasteiger partial charge in [0.1, 0.15) is 19.4 Å². The molecule has 0 atom stereocenters. The molecule has 1 aliphatic carbocycles. The van der Waals surface area contributed by atoms with E-state index in [1.165, 1.54) is 12.8 Å². The summed E-state index contributed by atoms with van der Waals surface area (Å²) >= 11 is 0. The van der Waals surface area contributed by atoms with Crippen molar-refractivity contribution in [2.45, 2.75) is 65.1 Å². The lowest BCUT2D eigenvalue weighted by atomic mass is 9.80. The van der Waals surface area contributed by atoms with E-state index in [9.17, 15) is 8.78 Å². The molecule has 0 radical (unpaired) electrons. The van der Waals surface area contributed by atoms with Crippen molar-refractivity contribution >= 4 is 8.07 Å². The third-order valence-corrected chi connectivity index (χ3v) is 5.33. The molecule has 0 N–H and O–H groups in total. The Morgan fingerprint density at radius 1 is 1.06 bits per heavy atom. The summed E-state index contributed by atoms with van der Waals surface area (Å²) in [7, 11) is -2.10. The zero-order chi connectivity index (χ0) is 13.1. The first-order valence-electron chi connectivity index (χ1n) is 6.91. The van der Waals surface area contributed by atoms with Crippen LogP contribution < -0.4 is 0 Å². The number of hydrogen-bond donors (Lipinski definition) is 0. The van der Waals surface area contributed by atoms with Crippen LogP contribution in [0.15, 0.2) is 11.3 Å². The largest absolute Gasteiger partial charge is 0.215 e. The molecule has 0 aromatic carbocycles. The standard InChI is InChI=1S/C14H26F2Si/c1-5-6-11-7-9-12(10-8-11)13(15)14(16)17(2,3)4/h11-12H,5-10H2,1-4H3/b14-13-. The van der Waals surface area contributed by atoms with E-state index in [0.717, 1.165) is 31.6 Å². The van der Waals surface area contributed by atoms with Gasteiger partial charge in [-0.1, -0.05) is 39.4 Å². The van der Waals surface area contributed by atoms with Crippen LogP contribution in [0.2, 0.25) is 19.6 Å². The third kappa shape index (κ3) is 4.20. The Balaban J connectivity index is 2.60. The minimum absolute atomic E-state index is 0.130. The summed E-state index contributed by atoms with van der Waals surface area (Å²) in [6, 6.07) is 0. The molecule has 1 aliphatic rings. The second-order valence-electron chi connectivity index (χ2n) is 6.42. The smallest absolute Gasteiger partial charge is 0.130 e. The fourth-order valence-corrected chi connectivity index (χ4v) is 3.57. The molecular weight excluding hydrogens is 234 g/mol. The molecule has 1 saturated carbocycles. The average molecular weight is 260 g/mol. The van der Waals surface area contributed by atoms with Crippen molar-refractivity contribution in [2.24, 2.45) is 11.8 Å². The van der Waals surface area contributed by atoms with Gasteiger partial charge < -0.3 is 0 Å². The first kappa shape index (κ1) is 14.9. The van der Waals surface area contributed by atoms with Crippen molar-refractivity contribution in [2.75, 3.05) is 0 Å². The van der Waals surface area contributed by atoms with Crippen LogP contribution in [-0.4, -0.2) is 8.07 Å². The van der Waals surface area contributed by atoms with E-state index in [0.29, 0.717) is 0 Å². The van der Waals surface area contributed by atoms with E-state index in [2.05, 4.69) is 6.92 Å². The van der Waals surface area contributed by atoms with Crippen molar-refractivity contribution in [1.82, 2.24) is 0 Å². The lowest BCUT2D eigenvalue weighted by molar-refractivity contribution is 0.258. The minimum atomic E-state index is -2.10. The van der Waals surface area contributed by atoms with Crippen LogP contribution in [-0.2, 0) is 0 Å². The summed E-state index contributed by atoms with van der Waals surface area (Å²) in [5.74, 6) is 0.202. The van der Waals surface area contributed by atoms with E-state index in [1.807, 2.05) is 19.6 Å². The molecular formula is C14H26F2Si. The molecule has 100 valence electrons. The summed E-state index contributed by atoms with van der Waals surface area (Å²) in [5.41, 5.74) is -0.406. The van der Waals surface area contributed by atoms with Gasteiger partial charge in [0.25, 0.3) is 0 Å². The molecule has 1 fully saturated rings. The predicted molar refractivity (Wildman–Crippen MR) is 72.9 cm³/mol. The maximum atomic E-state index is 14.0. The zero-order valence-corrected chi connectivity index (χ0v) is 12.7. The van der Waals surface area contributed by atoms with Gasteiger partial charge in [0, 0.05) is 5.92 Å². The number of hydrogen-bond acceptors (Lipinski definition) is 0. The topological polar surface area (TPSA) is 0 Å². The minimum Gasteiger partial charge on any atom is -0.215 e. The highest BCUT2D eigenvalue weighted by atomic mass is 28.3. The van der Waals surface area contributed by atoms with Crippen LogP contribution >= 0.6 is 0 Å². The number of halogens is 2. The molecule has 0 spiro atoms. The van der Waals surface area contributed by atoms with Gasteiger partial charge >= 0.3 is 0 Å². The van der Waals surface area contributed by atoms with Gasteiger partial charge in [-0.05, 0) is 31.6 Å². The van der Waals surface area contributed by atoms with E-state index in [-0.39, 0.29) is 5.92 Å². The highest BCUT2D eigenvalue weighted by Crippen LogP contribution is 2.38. The van der Waals surface area contributed by atoms with Gasteiger partial charge in [-0.2, -0.15) is 0 Å². The van der Waals surface area contributed by atoms with Gasteiger partial charge in [-0.15, -0.1) is 0 Å². The first-order valence-corrected chi connectivity index (χ1v) is 10.4. The lowest BCUT2D eigenvalue weighted by Gasteiger charge is -2.28. The van der Waals surface area contributed by atoms with Crippen molar-refractivity contribution in [1.29, 1.82) is 0 Å². The molecule has 17 heavy (non-hydrogen) atoms. The fraction of sp³-hybridized carbons (Fsp3) is 0.857. The highest BCUT2D eigenvalue weighted by Gasteiger charge is 2.31. The summed E-state index contributed by atoms with van der Waals surface area (Å²) in [6.07, 6.45) is 6.28. The first-order chi connectivity index (χ1) is 7.86. The third-order valence-electron chi connectivity index (χ3n) is 3.77. The zero-order valence-electron chi connectivity index (χ0n) is 11.7. The Bertz CT molecular complexity index is 270. The molecule has 0 unspecified atom stereocenters. The summed E-state index contributed by atoms with van der Waals surface area (Å²) in [6.45, 7) is 7.79. The van der Waals surface area contributed by atoms with Gasteiger partial charge in [0.2, 0.25) is 0 Å². The average Bonchev–Trinajstić information content (AvgIpc) is 2.27. The molecule has 0 bridgehead atoms. The van der Waals surface area contributed by atoms with E-state index >= 15 is 0 Å². The Morgan fingerprint density at radius 2 is 1.59 bits per heavy atom.